The van der Waals surface area contributed by atoms with Crippen molar-refractivity contribution in [3.8, 4) is 11.4 Å². The van der Waals surface area contributed by atoms with Gasteiger partial charge in [0.15, 0.2) is 5.96 Å². The van der Waals surface area contributed by atoms with Crippen molar-refractivity contribution in [1.29, 1.82) is 0 Å². The Morgan fingerprint density at radius 2 is 1.96 bits per heavy atom. The lowest BCUT2D eigenvalue weighted by Gasteiger charge is -2.17. The molecule has 0 spiro atoms. The molecular formula is C13H18N8O2S2. The molecule has 134 valence electrons. The van der Waals surface area contributed by atoms with Gasteiger partial charge in [-0.25, -0.2) is 18.4 Å². The van der Waals surface area contributed by atoms with Gasteiger partial charge in [0.2, 0.25) is 11.1 Å². The molecule has 0 aliphatic heterocycles. The zero-order chi connectivity index (χ0) is 18.6. The van der Waals surface area contributed by atoms with Crippen LogP contribution in [0.2, 0.25) is 0 Å². The van der Waals surface area contributed by atoms with Crippen molar-refractivity contribution in [3.05, 3.63) is 29.3 Å². The molecule has 2 aromatic rings. The minimum atomic E-state index is -3.56. The van der Waals surface area contributed by atoms with E-state index in [0.29, 0.717) is 22.2 Å². The molecule has 10 nitrogen and oxygen atoms in total. The monoisotopic (exact) mass is 382 g/mol. The third-order valence-corrected chi connectivity index (χ3v) is 4.09. The number of aliphatic imine (C=N–C) groups is 1. The van der Waals surface area contributed by atoms with Crippen LogP contribution in [0, 0.1) is 0 Å². The van der Waals surface area contributed by atoms with Gasteiger partial charge in [0.05, 0.1) is 24.2 Å². The first kappa shape index (κ1) is 18.6. The third kappa shape index (κ3) is 5.69. The molecule has 12 heteroatoms. The first-order valence-electron chi connectivity index (χ1n) is 6.92. The summed E-state index contributed by atoms with van der Waals surface area (Å²) in [6, 6.07) is 5.40. The van der Waals surface area contributed by atoms with Gasteiger partial charge < -0.3 is 22.1 Å². The van der Waals surface area contributed by atoms with Crippen LogP contribution in [0.15, 0.2) is 33.0 Å². The standard InChI is InChI=1S/C13H18N8O2S2/c1-21(12(16)20-25(2,22)23)6-8-4-3-5-9(17-8)10-7-24-13(18-10)19-11(14)15/h3-5,7H,6H2,1-2H3,(H2,16,20)(H4,14,15,18,19). The molecule has 0 atom stereocenters. The molecule has 2 aromatic heterocycles. The summed E-state index contributed by atoms with van der Waals surface area (Å²) in [6.07, 6.45) is 0.975. The van der Waals surface area contributed by atoms with Crippen molar-refractivity contribution in [2.75, 3.05) is 13.3 Å². The summed E-state index contributed by atoms with van der Waals surface area (Å²) in [5.41, 5.74) is 18.3. The average molecular weight is 382 g/mol. The van der Waals surface area contributed by atoms with Gasteiger partial charge in [0.25, 0.3) is 10.0 Å². The molecule has 0 saturated heterocycles. The maximum absolute atomic E-state index is 11.2. The smallest absolute Gasteiger partial charge is 0.253 e. The molecule has 0 aliphatic rings. The first-order valence-corrected chi connectivity index (χ1v) is 9.65. The molecule has 0 radical (unpaired) electrons. The van der Waals surface area contributed by atoms with Crippen LogP contribution in [-0.4, -0.2) is 48.5 Å². The zero-order valence-corrected chi connectivity index (χ0v) is 15.3. The third-order valence-electron chi connectivity index (χ3n) is 2.84. The molecule has 25 heavy (non-hydrogen) atoms. The van der Waals surface area contributed by atoms with E-state index in [1.165, 1.54) is 16.2 Å². The molecule has 0 fully saturated rings. The predicted octanol–water partition coefficient (Wildman–Crippen LogP) is -0.184. The maximum Gasteiger partial charge on any atom is 0.253 e. The number of pyridine rings is 1. The highest BCUT2D eigenvalue weighted by molar-refractivity contribution is 7.89. The largest absolute Gasteiger partial charge is 0.370 e. The maximum atomic E-state index is 11.2. The van der Waals surface area contributed by atoms with Crippen LogP contribution in [0.3, 0.4) is 0 Å². The summed E-state index contributed by atoms with van der Waals surface area (Å²) in [4.78, 5) is 14.2. The molecule has 6 N–H and O–H groups in total. The Morgan fingerprint density at radius 3 is 2.60 bits per heavy atom. The van der Waals surface area contributed by atoms with Gasteiger partial charge in [-0.15, -0.1) is 15.7 Å². The van der Waals surface area contributed by atoms with Crippen molar-refractivity contribution in [1.82, 2.24) is 14.9 Å². The molecule has 0 aliphatic carbocycles. The number of nitrogens with two attached hydrogens (primary N) is 3. The lowest BCUT2D eigenvalue weighted by atomic mass is 10.2. The molecule has 0 amide bonds. The summed E-state index contributed by atoms with van der Waals surface area (Å²) in [6.45, 7) is 0.281. The van der Waals surface area contributed by atoms with Crippen LogP contribution < -0.4 is 17.2 Å². The molecular weight excluding hydrogens is 364 g/mol. The number of guanidine groups is 2. The van der Waals surface area contributed by atoms with Gasteiger partial charge in [0.1, 0.15) is 5.69 Å². The fourth-order valence-corrected chi connectivity index (χ4v) is 3.00. The lowest BCUT2D eigenvalue weighted by molar-refractivity contribution is 0.487. The second kappa shape index (κ2) is 7.44. The Bertz CT molecular complexity index is 916. The van der Waals surface area contributed by atoms with E-state index in [2.05, 4.69) is 19.4 Å². The minimum Gasteiger partial charge on any atom is -0.370 e. The van der Waals surface area contributed by atoms with E-state index in [4.69, 9.17) is 17.2 Å². The van der Waals surface area contributed by atoms with Crippen molar-refractivity contribution < 1.29 is 8.42 Å². The highest BCUT2D eigenvalue weighted by Crippen LogP contribution is 2.25. The minimum absolute atomic E-state index is 0.0649. The van der Waals surface area contributed by atoms with E-state index >= 15 is 0 Å². The number of aromatic nitrogens is 2. The Hall–Kier alpha value is -2.73. The Labute approximate surface area is 149 Å². The summed E-state index contributed by atoms with van der Waals surface area (Å²) in [5.74, 6) is -0.178. The molecule has 2 rings (SSSR count). The van der Waals surface area contributed by atoms with Crippen LogP contribution in [0.5, 0.6) is 0 Å². The second-order valence-corrected chi connectivity index (χ2v) is 7.59. The summed E-state index contributed by atoms with van der Waals surface area (Å²) >= 11 is 1.29. The molecule has 0 aromatic carbocycles. The lowest BCUT2D eigenvalue weighted by Crippen LogP contribution is -2.34. The normalized spacial score (nSPS) is 12.0. The van der Waals surface area contributed by atoms with Crippen LogP contribution in [0.1, 0.15) is 5.69 Å². The Balaban J connectivity index is 2.20. The summed E-state index contributed by atoms with van der Waals surface area (Å²) in [7, 11) is -1.94. The second-order valence-electron chi connectivity index (χ2n) is 5.10. The fourth-order valence-electron chi connectivity index (χ4n) is 1.82. The number of sulfonamides is 1. The number of hydrogen-bond acceptors (Lipinski definition) is 6. The zero-order valence-electron chi connectivity index (χ0n) is 13.6. The van der Waals surface area contributed by atoms with Crippen LogP contribution in [0.4, 0.5) is 5.13 Å². The van der Waals surface area contributed by atoms with Crippen molar-refractivity contribution in [3.63, 3.8) is 0 Å². The summed E-state index contributed by atoms with van der Waals surface area (Å²) < 4.78 is 25.8. The quantitative estimate of drug-likeness (QED) is 0.473. The van der Waals surface area contributed by atoms with E-state index in [1.807, 2.05) is 6.07 Å². The van der Waals surface area contributed by atoms with Gasteiger partial charge >= 0.3 is 0 Å². The van der Waals surface area contributed by atoms with Gasteiger partial charge in [-0.05, 0) is 12.1 Å². The Kier molecular flexibility index (Phi) is 5.54. The number of thiazole rings is 1. The fraction of sp³-hybridized carbons (Fsp3) is 0.231. The van der Waals surface area contributed by atoms with Gasteiger partial charge in [-0.2, -0.15) is 4.99 Å². The van der Waals surface area contributed by atoms with Crippen LogP contribution in [-0.2, 0) is 16.6 Å². The van der Waals surface area contributed by atoms with E-state index < -0.39 is 10.0 Å². The van der Waals surface area contributed by atoms with Crippen LogP contribution in [0.25, 0.3) is 11.4 Å². The number of nitrogens with zero attached hydrogens (tertiary/aromatic N) is 5. The topological polar surface area (TPSA) is 166 Å². The number of hydrogen-bond donors (Lipinski definition) is 3. The summed E-state index contributed by atoms with van der Waals surface area (Å²) in [5, 5.41) is 2.22. The predicted molar refractivity (Wildman–Crippen MR) is 98.7 cm³/mol. The molecule has 0 bridgehead atoms. The van der Waals surface area contributed by atoms with Gasteiger partial charge in [-0.1, -0.05) is 6.07 Å². The van der Waals surface area contributed by atoms with E-state index in [9.17, 15) is 8.42 Å². The SMILES string of the molecule is CN(Cc1cccc(-c2csc(N=C(N)N)n2)n1)C(N)=NS(C)(=O)=O. The van der Waals surface area contributed by atoms with Crippen LogP contribution >= 0.6 is 11.3 Å². The van der Waals surface area contributed by atoms with E-state index in [1.54, 1.807) is 24.6 Å². The van der Waals surface area contributed by atoms with Gasteiger partial charge in [-0.3, -0.25) is 0 Å². The highest BCUT2D eigenvalue weighted by atomic mass is 32.2. The van der Waals surface area contributed by atoms with E-state index in [-0.39, 0.29) is 18.5 Å². The highest BCUT2D eigenvalue weighted by Gasteiger charge is 2.10. The first-order chi connectivity index (χ1) is 11.6. The van der Waals surface area contributed by atoms with Crippen molar-refractivity contribution >= 4 is 38.4 Å². The number of rotatable bonds is 5. The molecule has 0 saturated carbocycles. The Morgan fingerprint density at radius 1 is 1.24 bits per heavy atom. The van der Waals surface area contributed by atoms with Crippen molar-refractivity contribution in [2.45, 2.75) is 6.54 Å². The van der Waals surface area contributed by atoms with Gasteiger partial charge in [0, 0.05) is 12.4 Å². The van der Waals surface area contributed by atoms with E-state index in [0.717, 1.165) is 6.26 Å². The molecule has 0 unspecified atom stereocenters. The average Bonchev–Trinajstić information content (AvgIpc) is 2.93. The van der Waals surface area contributed by atoms with Crippen molar-refractivity contribution in [2.24, 2.45) is 26.6 Å². The molecule has 2 heterocycles.